The predicted octanol–water partition coefficient (Wildman–Crippen LogP) is 5.07. The van der Waals surface area contributed by atoms with Gasteiger partial charge in [0.2, 0.25) is 6.41 Å². The molecule has 10 heteroatoms. The second-order valence-electron chi connectivity index (χ2n) is 7.70. The molecule has 1 N–H and O–H groups in total. The van der Waals surface area contributed by atoms with Crippen molar-refractivity contribution in [3.05, 3.63) is 76.3 Å². The molecule has 36 heavy (non-hydrogen) atoms. The summed E-state index contributed by atoms with van der Waals surface area (Å²) in [4.78, 5) is 44.7. The molecule has 8 nitrogen and oxygen atoms in total. The van der Waals surface area contributed by atoms with Crippen LogP contribution in [-0.2, 0) is 20.7 Å². The van der Waals surface area contributed by atoms with Gasteiger partial charge in [0.05, 0.1) is 35.5 Å². The van der Waals surface area contributed by atoms with Gasteiger partial charge in [-0.05, 0) is 25.1 Å². The van der Waals surface area contributed by atoms with Crippen molar-refractivity contribution in [2.24, 2.45) is 0 Å². The Balaban J connectivity index is 0.000000658. The molecule has 2 aromatic carbocycles. The average Bonchev–Trinajstić information content (AvgIpc) is 3.30. The van der Waals surface area contributed by atoms with Gasteiger partial charge in [0, 0.05) is 35.4 Å². The number of ether oxygens (including phenoxy) is 1. The highest BCUT2D eigenvalue weighted by Crippen LogP contribution is 2.30. The molecule has 2 aromatic heterocycles. The molecule has 0 radical (unpaired) electrons. The lowest BCUT2D eigenvalue weighted by Gasteiger charge is -2.10. The van der Waals surface area contributed by atoms with Crippen LogP contribution in [0.15, 0.2) is 60.0 Å². The first-order chi connectivity index (χ1) is 17.3. The molecule has 0 spiro atoms. The van der Waals surface area contributed by atoms with Crippen molar-refractivity contribution in [2.45, 2.75) is 13.3 Å². The number of hydrogen-bond donors (Lipinski definition) is 1. The highest BCUT2D eigenvalue weighted by molar-refractivity contribution is 7.14. The molecule has 2 amide bonds. The van der Waals surface area contributed by atoms with E-state index in [1.165, 1.54) is 16.2 Å². The monoisotopic (exact) mass is 524 g/mol. The number of nitrogens with zero attached hydrogens (tertiary/aromatic N) is 3. The van der Waals surface area contributed by atoms with E-state index < -0.39 is 0 Å². The zero-order valence-corrected chi connectivity index (χ0v) is 21.6. The smallest absolute Gasteiger partial charge is 0.311 e. The number of esters is 1. The number of anilines is 1. The van der Waals surface area contributed by atoms with Crippen LogP contribution < -0.4 is 5.32 Å². The number of amides is 2. The number of halogens is 1. The average molecular weight is 525 g/mol. The first-order valence-electron chi connectivity index (χ1n) is 11.0. The SMILES string of the molecule is CCOC(=O)Cc1csc(NC(=O)c2cc(-c3ccccc3Cl)nc3ccccc23)n1.CN(C)C=O. The number of benzene rings is 2. The normalized spacial score (nSPS) is 10.2. The molecule has 2 heterocycles. The number of hydrogen-bond acceptors (Lipinski definition) is 7. The largest absolute Gasteiger partial charge is 0.466 e. The minimum absolute atomic E-state index is 0.0645. The molecular weight excluding hydrogens is 500 g/mol. The van der Waals surface area contributed by atoms with Crippen LogP contribution in [0.3, 0.4) is 0 Å². The maximum atomic E-state index is 13.1. The summed E-state index contributed by atoms with van der Waals surface area (Å²) in [5.74, 6) is -0.667. The summed E-state index contributed by atoms with van der Waals surface area (Å²) >= 11 is 7.61. The third-order valence-electron chi connectivity index (χ3n) is 4.72. The van der Waals surface area contributed by atoms with Gasteiger partial charge in [-0.1, -0.05) is 48.0 Å². The summed E-state index contributed by atoms with van der Waals surface area (Å²) in [6.45, 7) is 2.07. The minimum atomic E-state index is -0.352. The van der Waals surface area contributed by atoms with E-state index in [9.17, 15) is 14.4 Å². The Hall–Kier alpha value is -3.82. The van der Waals surface area contributed by atoms with E-state index in [1.54, 1.807) is 38.5 Å². The number of para-hydroxylation sites is 1. The van der Waals surface area contributed by atoms with Crippen LogP contribution in [0.1, 0.15) is 23.0 Å². The van der Waals surface area contributed by atoms with Crippen LogP contribution in [0, 0.1) is 0 Å². The Bertz CT molecular complexity index is 1370. The Morgan fingerprint density at radius 2 is 1.81 bits per heavy atom. The van der Waals surface area contributed by atoms with E-state index in [0.29, 0.717) is 39.2 Å². The highest BCUT2D eigenvalue weighted by Gasteiger charge is 2.17. The zero-order chi connectivity index (χ0) is 26.1. The molecule has 0 aliphatic rings. The molecule has 0 saturated carbocycles. The molecule has 0 aliphatic heterocycles. The van der Waals surface area contributed by atoms with E-state index in [2.05, 4.69) is 15.3 Å². The number of nitrogens with one attached hydrogen (secondary N) is 1. The minimum Gasteiger partial charge on any atom is -0.466 e. The number of carbonyl (C=O) groups excluding carboxylic acids is 3. The lowest BCUT2D eigenvalue weighted by Crippen LogP contribution is -2.13. The van der Waals surface area contributed by atoms with Gasteiger partial charge >= 0.3 is 5.97 Å². The van der Waals surface area contributed by atoms with Gasteiger partial charge in [-0.3, -0.25) is 19.7 Å². The van der Waals surface area contributed by atoms with E-state index in [-0.39, 0.29) is 18.3 Å². The van der Waals surface area contributed by atoms with E-state index >= 15 is 0 Å². The topological polar surface area (TPSA) is 101 Å². The fourth-order valence-electron chi connectivity index (χ4n) is 3.14. The van der Waals surface area contributed by atoms with Crippen LogP contribution in [0.25, 0.3) is 22.2 Å². The van der Waals surface area contributed by atoms with Gasteiger partial charge in [-0.2, -0.15) is 0 Å². The maximum absolute atomic E-state index is 13.1. The number of thiazole rings is 1. The molecule has 0 unspecified atom stereocenters. The number of carbonyl (C=O) groups is 3. The summed E-state index contributed by atoms with van der Waals surface area (Å²) < 4.78 is 4.94. The summed E-state index contributed by atoms with van der Waals surface area (Å²) in [7, 11) is 3.38. The quantitative estimate of drug-likeness (QED) is 0.267. The van der Waals surface area contributed by atoms with Crippen molar-refractivity contribution in [2.75, 3.05) is 26.0 Å². The van der Waals surface area contributed by atoms with E-state index in [1.807, 2.05) is 42.5 Å². The molecule has 0 fully saturated rings. The van der Waals surface area contributed by atoms with Crippen molar-refractivity contribution in [1.82, 2.24) is 14.9 Å². The van der Waals surface area contributed by atoms with Crippen LogP contribution in [0.2, 0.25) is 5.02 Å². The van der Waals surface area contributed by atoms with E-state index in [0.717, 1.165) is 17.4 Å². The van der Waals surface area contributed by atoms with Crippen molar-refractivity contribution in [3.63, 3.8) is 0 Å². The molecular formula is C26H25ClN4O4S. The van der Waals surface area contributed by atoms with Crippen molar-refractivity contribution in [3.8, 4) is 11.3 Å². The van der Waals surface area contributed by atoms with E-state index in [4.69, 9.17) is 16.3 Å². The molecule has 0 atom stereocenters. The van der Waals surface area contributed by atoms with Crippen LogP contribution in [0.5, 0.6) is 0 Å². The third kappa shape index (κ3) is 7.10. The second kappa shape index (κ2) is 12.8. The third-order valence-corrected chi connectivity index (χ3v) is 5.86. The Labute approximate surface area is 217 Å². The maximum Gasteiger partial charge on any atom is 0.311 e. The molecule has 4 aromatic rings. The number of pyridine rings is 1. The fraction of sp³-hybridized carbons (Fsp3) is 0.192. The van der Waals surface area contributed by atoms with Gasteiger partial charge < -0.3 is 9.64 Å². The van der Waals surface area contributed by atoms with Crippen molar-refractivity contribution < 1.29 is 19.1 Å². The lowest BCUT2D eigenvalue weighted by molar-refractivity contribution is -0.142. The molecule has 0 bridgehead atoms. The predicted molar refractivity (Wildman–Crippen MR) is 142 cm³/mol. The number of rotatable bonds is 7. The Kier molecular flexibility index (Phi) is 9.49. The number of fused-ring (bicyclic) bond motifs is 1. The Morgan fingerprint density at radius 3 is 2.50 bits per heavy atom. The van der Waals surface area contributed by atoms with Crippen LogP contribution >= 0.6 is 22.9 Å². The fourth-order valence-corrected chi connectivity index (χ4v) is 4.08. The van der Waals surface area contributed by atoms with Gasteiger partial charge in [-0.15, -0.1) is 11.3 Å². The van der Waals surface area contributed by atoms with Crippen molar-refractivity contribution >= 4 is 57.3 Å². The Morgan fingerprint density at radius 1 is 1.11 bits per heavy atom. The zero-order valence-electron chi connectivity index (χ0n) is 20.0. The highest BCUT2D eigenvalue weighted by atomic mass is 35.5. The summed E-state index contributed by atoms with van der Waals surface area (Å²) in [5, 5.41) is 6.24. The van der Waals surface area contributed by atoms with Crippen LogP contribution in [0.4, 0.5) is 5.13 Å². The summed E-state index contributed by atoms with van der Waals surface area (Å²) in [5.41, 5.74) is 3.05. The first kappa shape index (κ1) is 26.8. The summed E-state index contributed by atoms with van der Waals surface area (Å²) in [6.07, 6.45) is 0.815. The molecule has 0 aliphatic carbocycles. The molecule has 4 rings (SSSR count). The second-order valence-corrected chi connectivity index (χ2v) is 8.97. The summed E-state index contributed by atoms with van der Waals surface area (Å²) in [6, 6.07) is 16.5. The number of aromatic nitrogens is 2. The van der Waals surface area contributed by atoms with Gasteiger partial charge in [-0.25, -0.2) is 9.97 Å². The van der Waals surface area contributed by atoms with Crippen LogP contribution in [-0.4, -0.2) is 53.9 Å². The lowest BCUT2D eigenvalue weighted by atomic mass is 10.0. The molecule has 186 valence electrons. The van der Waals surface area contributed by atoms with Gasteiger partial charge in [0.25, 0.3) is 5.91 Å². The van der Waals surface area contributed by atoms with Gasteiger partial charge in [0.1, 0.15) is 0 Å². The van der Waals surface area contributed by atoms with Gasteiger partial charge in [0.15, 0.2) is 5.13 Å². The first-order valence-corrected chi connectivity index (χ1v) is 12.3. The van der Waals surface area contributed by atoms with Crippen molar-refractivity contribution in [1.29, 1.82) is 0 Å². The molecule has 0 saturated heterocycles. The standard InChI is InChI=1S/C23H18ClN3O3S.C3H7NO/c1-2-30-21(28)11-14-13-31-23(25-14)27-22(29)17-12-20(16-8-3-5-9-18(16)24)26-19-10-6-4-7-15(17)19;1-4(2)3-5/h3-10,12-13H,2,11H2,1H3,(H,25,27,29);3H,1-2H3.